The second kappa shape index (κ2) is 19.6. The maximum atomic E-state index is 13.0. The van der Waals surface area contributed by atoms with Crippen LogP contribution in [0.15, 0.2) is 53.6 Å². The van der Waals surface area contributed by atoms with Crippen molar-refractivity contribution >= 4 is 23.4 Å². The number of amides is 1. The maximum absolute atomic E-state index is 13.0. The molecule has 0 aromatic heterocycles. The number of allylic oxidation sites excluding steroid dienone is 1. The normalized spacial score (nSPS) is 12.9. The Morgan fingerprint density at radius 1 is 0.833 bits per heavy atom. The van der Waals surface area contributed by atoms with Crippen LogP contribution >= 0.6 is 11.8 Å². The van der Waals surface area contributed by atoms with Crippen LogP contribution in [0, 0.1) is 0 Å². The third-order valence-corrected chi connectivity index (χ3v) is 8.91. The third-order valence-electron chi connectivity index (χ3n) is 7.88. The standard InChI is InChI=1S/C36H54N2O3S/c1-5-7-8-9-10-11-12-13-14-15-16-17-24-41-35-25-32(20-23-34(35)40-4)28-38(36(39)6-2)33-21-18-31(19-22-33)27-37-26-30(3)42-29-37/h18-23,25-26H,5-17,24,27-29H2,1-4H3. The van der Waals surface area contributed by atoms with Gasteiger partial charge in [0.2, 0.25) is 5.91 Å². The molecular formula is C36H54N2O3S. The van der Waals surface area contributed by atoms with E-state index < -0.39 is 0 Å². The van der Waals surface area contributed by atoms with E-state index in [0.717, 1.165) is 41.6 Å². The number of hydrogen-bond donors (Lipinski definition) is 0. The van der Waals surface area contributed by atoms with Crippen molar-refractivity contribution in [1.82, 2.24) is 4.90 Å². The lowest BCUT2D eigenvalue weighted by atomic mass is 10.1. The van der Waals surface area contributed by atoms with E-state index >= 15 is 0 Å². The largest absolute Gasteiger partial charge is 0.493 e. The second-order valence-corrected chi connectivity index (χ2v) is 12.7. The van der Waals surface area contributed by atoms with E-state index in [0.29, 0.717) is 19.6 Å². The van der Waals surface area contributed by atoms with Crippen molar-refractivity contribution in [2.45, 2.75) is 117 Å². The topological polar surface area (TPSA) is 42.0 Å². The lowest BCUT2D eigenvalue weighted by molar-refractivity contribution is -0.118. The Labute approximate surface area is 260 Å². The lowest BCUT2D eigenvalue weighted by Gasteiger charge is -2.24. The molecule has 0 fully saturated rings. The summed E-state index contributed by atoms with van der Waals surface area (Å²) in [7, 11) is 1.68. The number of carbonyl (C=O) groups is 1. The van der Waals surface area contributed by atoms with Crippen LogP contribution in [0.3, 0.4) is 0 Å². The van der Waals surface area contributed by atoms with Gasteiger partial charge < -0.3 is 19.3 Å². The number of anilines is 1. The van der Waals surface area contributed by atoms with Gasteiger partial charge in [-0.1, -0.05) is 103 Å². The van der Waals surface area contributed by atoms with Crippen LogP contribution in [0.4, 0.5) is 5.69 Å². The van der Waals surface area contributed by atoms with Gasteiger partial charge >= 0.3 is 0 Å². The Kier molecular flexibility index (Phi) is 15.8. The fraction of sp³-hybridized carbons (Fsp3) is 0.583. The summed E-state index contributed by atoms with van der Waals surface area (Å²) in [5.41, 5.74) is 3.19. The highest BCUT2D eigenvalue weighted by atomic mass is 32.2. The number of nitrogens with zero attached hydrogens (tertiary/aromatic N) is 2. The van der Waals surface area contributed by atoms with Gasteiger partial charge in [0.25, 0.3) is 0 Å². The maximum Gasteiger partial charge on any atom is 0.227 e. The highest BCUT2D eigenvalue weighted by Gasteiger charge is 2.17. The third kappa shape index (κ3) is 11.9. The molecule has 0 saturated carbocycles. The molecule has 0 N–H and O–H groups in total. The van der Waals surface area contributed by atoms with Gasteiger partial charge in [0.05, 0.1) is 26.1 Å². The van der Waals surface area contributed by atoms with Crippen LogP contribution in [0.25, 0.3) is 0 Å². The Bertz CT molecular complexity index is 1090. The second-order valence-electron chi connectivity index (χ2n) is 11.5. The van der Waals surface area contributed by atoms with Crippen molar-refractivity contribution in [1.29, 1.82) is 0 Å². The number of benzene rings is 2. The van der Waals surface area contributed by atoms with Crippen molar-refractivity contribution < 1.29 is 14.3 Å². The first-order valence-electron chi connectivity index (χ1n) is 16.3. The van der Waals surface area contributed by atoms with Gasteiger partial charge in [0, 0.05) is 24.9 Å². The van der Waals surface area contributed by atoms with E-state index in [1.54, 1.807) is 7.11 Å². The molecule has 0 aliphatic carbocycles. The summed E-state index contributed by atoms with van der Waals surface area (Å²) in [5.74, 6) is 2.59. The van der Waals surface area contributed by atoms with Gasteiger partial charge in [0.15, 0.2) is 11.5 Å². The monoisotopic (exact) mass is 594 g/mol. The first-order chi connectivity index (χ1) is 20.5. The number of thioether (sulfide) groups is 1. The summed E-state index contributed by atoms with van der Waals surface area (Å²) < 4.78 is 11.8. The van der Waals surface area contributed by atoms with Crippen LogP contribution in [-0.2, 0) is 17.9 Å². The number of rotatable bonds is 21. The summed E-state index contributed by atoms with van der Waals surface area (Å²) >= 11 is 1.87. The molecule has 0 radical (unpaired) electrons. The molecule has 0 atom stereocenters. The fourth-order valence-corrected chi connectivity index (χ4v) is 6.14. The highest BCUT2D eigenvalue weighted by molar-refractivity contribution is 8.03. The van der Waals surface area contributed by atoms with E-state index in [-0.39, 0.29) is 5.91 Å². The minimum atomic E-state index is 0.104. The zero-order valence-electron chi connectivity index (χ0n) is 26.7. The zero-order valence-corrected chi connectivity index (χ0v) is 27.5. The Balaban J connectivity index is 1.46. The van der Waals surface area contributed by atoms with Gasteiger partial charge in [-0.25, -0.2) is 0 Å². The van der Waals surface area contributed by atoms with Crippen LogP contribution in [0.1, 0.15) is 115 Å². The molecule has 3 rings (SSSR count). The smallest absolute Gasteiger partial charge is 0.227 e. The molecule has 1 aliphatic rings. The average molecular weight is 595 g/mol. The highest BCUT2D eigenvalue weighted by Crippen LogP contribution is 2.31. The Hall–Kier alpha value is -2.60. The van der Waals surface area contributed by atoms with Crippen LogP contribution < -0.4 is 14.4 Å². The number of hydrogen-bond acceptors (Lipinski definition) is 5. The summed E-state index contributed by atoms with van der Waals surface area (Å²) in [6.45, 7) is 8.40. The molecule has 2 aromatic carbocycles. The first kappa shape index (κ1) is 33.9. The fourth-order valence-electron chi connectivity index (χ4n) is 5.38. The van der Waals surface area contributed by atoms with Crippen molar-refractivity contribution in [3.8, 4) is 11.5 Å². The van der Waals surface area contributed by atoms with Crippen molar-refractivity contribution in [3.05, 3.63) is 64.7 Å². The van der Waals surface area contributed by atoms with Gasteiger partial charge in [0.1, 0.15) is 0 Å². The molecule has 42 heavy (non-hydrogen) atoms. The quantitative estimate of drug-likeness (QED) is 0.135. The van der Waals surface area contributed by atoms with E-state index in [1.165, 1.54) is 81.1 Å². The summed E-state index contributed by atoms with van der Waals surface area (Å²) in [4.78, 5) is 18.5. The number of ether oxygens (including phenoxy) is 2. The van der Waals surface area contributed by atoms with Crippen LogP contribution in [0.5, 0.6) is 11.5 Å². The minimum absolute atomic E-state index is 0.104. The first-order valence-corrected chi connectivity index (χ1v) is 17.3. The van der Waals surface area contributed by atoms with Crippen LogP contribution in [0.2, 0.25) is 0 Å². The lowest BCUT2D eigenvalue weighted by Crippen LogP contribution is -2.29. The van der Waals surface area contributed by atoms with E-state index in [1.807, 2.05) is 41.8 Å². The molecule has 0 bridgehead atoms. The number of methoxy groups -OCH3 is 1. The van der Waals surface area contributed by atoms with Crippen molar-refractivity contribution in [3.63, 3.8) is 0 Å². The SMILES string of the molecule is CCCCCCCCCCCCCCOc1cc(CN(C(=O)CC)c2ccc(CN3C=C(C)SC3)cc2)ccc1OC. The zero-order chi connectivity index (χ0) is 30.0. The van der Waals surface area contributed by atoms with E-state index in [2.05, 4.69) is 49.2 Å². The van der Waals surface area contributed by atoms with Crippen molar-refractivity contribution in [2.75, 3.05) is 24.5 Å². The Morgan fingerprint density at radius 3 is 2.02 bits per heavy atom. The summed E-state index contributed by atoms with van der Waals surface area (Å²) in [6.07, 6.45) is 18.6. The predicted molar refractivity (Wildman–Crippen MR) is 179 cm³/mol. The van der Waals surface area contributed by atoms with Gasteiger partial charge in [-0.05, 0) is 53.6 Å². The molecular weight excluding hydrogens is 540 g/mol. The van der Waals surface area contributed by atoms with Gasteiger partial charge in [-0.3, -0.25) is 4.79 Å². The summed E-state index contributed by atoms with van der Waals surface area (Å²) in [5, 5.41) is 0. The molecule has 1 aliphatic heterocycles. The summed E-state index contributed by atoms with van der Waals surface area (Å²) in [6, 6.07) is 14.4. The molecule has 1 amide bonds. The van der Waals surface area contributed by atoms with Crippen molar-refractivity contribution in [2.24, 2.45) is 0 Å². The molecule has 232 valence electrons. The molecule has 1 heterocycles. The van der Waals surface area contributed by atoms with E-state index in [9.17, 15) is 4.79 Å². The average Bonchev–Trinajstić information content (AvgIpc) is 3.42. The molecule has 0 spiro atoms. The molecule has 5 nitrogen and oxygen atoms in total. The minimum Gasteiger partial charge on any atom is -0.493 e. The van der Waals surface area contributed by atoms with E-state index in [4.69, 9.17) is 9.47 Å². The number of carbonyl (C=O) groups excluding carboxylic acids is 1. The predicted octanol–water partition coefficient (Wildman–Crippen LogP) is 10.1. The van der Waals surface area contributed by atoms with Crippen LogP contribution in [-0.4, -0.2) is 30.4 Å². The molecule has 0 unspecified atom stereocenters. The molecule has 0 saturated heterocycles. The van der Waals surface area contributed by atoms with Gasteiger partial charge in [-0.15, -0.1) is 11.8 Å². The Morgan fingerprint density at radius 2 is 1.45 bits per heavy atom. The molecule has 2 aromatic rings. The number of unbranched alkanes of at least 4 members (excludes halogenated alkanes) is 11. The molecule has 6 heteroatoms. The van der Waals surface area contributed by atoms with Gasteiger partial charge in [-0.2, -0.15) is 0 Å².